The molecule has 2 amide bonds. The molecule has 192 valence electrons. The summed E-state index contributed by atoms with van der Waals surface area (Å²) in [6.07, 6.45) is 1.29. The van der Waals surface area contributed by atoms with Gasteiger partial charge in [-0.1, -0.05) is 36.4 Å². The van der Waals surface area contributed by atoms with Crippen LogP contribution < -0.4 is 26.3 Å². The number of nitrogen functional groups attached to an aromatic ring is 1. The van der Waals surface area contributed by atoms with Crippen LogP contribution in [-0.2, 0) is 22.7 Å². The number of piperidine rings is 1. The summed E-state index contributed by atoms with van der Waals surface area (Å²) in [5.74, 6) is -0.199. The SMILES string of the molecule is CONc1cc(C(=O)NCc2ccccc2N)ccc1N1CCC(N2C(=O)OCc3ccccc32)CC1. The molecule has 0 aliphatic carbocycles. The number of para-hydroxylation sites is 2. The third-order valence-electron chi connectivity index (χ3n) is 6.93. The van der Waals surface area contributed by atoms with Crippen LogP contribution in [0.1, 0.15) is 34.3 Å². The summed E-state index contributed by atoms with van der Waals surface area (Å²) in [5, 5.41) is 2.93. The lowest BCUT2D eigenvalue weighted by Gasteiger charge is -2.41. The Hall–Kier alpha value is -4.24. The van der Waals surface area contributed by atoms with Crippen molar-refractivity contribution in [2.75, 3.05) is 41.2 Å². The second kappa shape index (κ2) is 10.8. The predicted molar refractivity (Wildman–Crippen MR) is 143 cm³/mol. The zero-order valence-corrected chi connectivity index (χ0v) is 20.8. The van der Waals surface area contributed by atoms with E-state index in [1.807, 2.05) is 60.7 Å². The molecule has 37 heavy (non-hydrogen) atoms. The molecule has 2 aliphatic rings. The highest BCUT2D eigenvalue weighted by Gasteiger charge is 2.34. The maximum atomic E-state index is 12.8. The average molecular weight is 502 g/mol. The first-order valence-electron chi connectivity index (χ1n) is 12.4. The average Bonchev–Trinajstić information content (AvgIpc) is 2.93. The van der Waals surface area contributed by atoms with Gasteiger partial charge in [-0.2, -0.15) is 0 Å². The summed E-state index contributed by atoms with van der Waals surface area (Å²) in [6, 6.07) is 20.9. The fourth-order valence-electron chi connectivity index (χ4n) is 5.00. The highest BCUT2D eigenvalue weighted by Crippen LogP contribution is 2.34. The molecule has 1 saturated heterocycles. The molecule has 2 heterocycles. The van der Waals surface area contributed by atoms with Gasteiger partial charge in [0.05, 0.1) is 24.2 Å². The van der Waals surface area contributed by atoms with Gasteiger partial charge in [-0.3, -0.25) is 20.0 Å². The molecule has 0 unspecified atom stereocenters. The highest BCUT2D eigenvalue weighted by molar-refractivity contribution is 5.96. The number of hydrogen-bond donors (Lipinski definition) is 3. The second-order valence-corrected chi connectivity index (χ2v) is 9.19. The number of ether oxygens (including phenoxy) is 1. The van der Waals surface area contributed by atoms with Crippen LogP contribution in [0.5, 0.6) is 0 Å². The molecular weight excluding hydrogens is 470 g/mol. The molecule has 3 aromatic rings. The minimum absolute atomic E-state index is 0.0551. The summed E-state index contributed by atoms with van der Waals surface area (Å²) in [5.41, 5.74) is 14.5. The summed E-state index contributed by atoms with van der Waals surface area (Å²) >= 11 is 0. The van der Waals surface area contributed by atoms with Gasteiger partial charge in [-0.05, 0) is 48.7 Å². The highest BCUT2D eigenvalue weighted by atomic mass is 16.6. The Morgan fingerprint density at radius 1 is 1.05 bits per heavy atom. The Morgan fingerprint density at radius 2 is 1.81 bits per heavy atom. The van der Waals surface area contributed by atoms with E-state index in [0.717, 1.165) is 48.4 Å². The lowest BCUT2D eigenvalue weighted by atomic mass is 9.99. The maximum Gasteiger partial charge on any atom is 0.414 e. The van der Waals surface area contributed by atoms with E-state index in [0.29, 0.717) is 30.1 Å². The maximum absolute atomic E-state index is 12.8. The lowest BCUT2D eigenvalue weighted by Crippen LogP contribution is -2.49. The number of nitrogens with two attached hydrogens (primary N) is 1. The standard InChI is InChI=1S/C28H31N5O4/c1-36-31-24-16-19(27(34)30-17-20-6-2-4-8-23(20)29)10-11-26(24)32-14-12-22(13-15-32)33-25-9-5-3-7-21(25)18-37-28(33)35/h2-11,16,22,31H,12-15,17-18,29H2,1H3,(H,30,34). The van der Waals surface area contributed by atoms with Crippen LogP contribution >= 0.6 is 0 Å². The summed E-state index contributed by atoms with van der Waals surface area (Å²) in [7, 11) is 1.54. The normalized spacial score (nSPS) is 15.6. The Bertz CT molecular complexity index is 1290. The minimum Gasteiger partial charge on any atom is -0.444 e. The molecule has 2 aliphatic heterocycles. The first-order chi connectivity index (χ1) is 18.0. The largest absolute Gasteiger partial charge is 0.444 e. The van der Waals surface area contributed by atoms with Crippen LogP contribution in [0, 0.1) is 0 Å². The number of rotatable bonds is 7. The van der Waals surface area contributed by atoms with Crippen molar-refractivity contribution in [3.63, 3.8) is 0 Å². The molecule has 9 heteroatoms. The predicted octanol–water partition coefficient (Wildman–Crippen LogP) is 4.30. The number of carbonyl (C=O) groups excluding carboxylic acids is 2. The Morgan fingerprint density at radius 3 is 2.59 bits per heavy atom. The van der Waals surface area contributed by atoms with Gasteiger partial charge in [0.1, 0.15) is 6.61 Å². The number of fused-ring (bicyclic) bond motifs is 1. The number of nitrogens with zero attached hydrogens (tertiary/aromatic N) is 2. The van der Waals surface area contributed by atoms with Crippen molar-refractivity contribution in [1.29, 1.82) is 0 Å². The number of hydrogen-bond acceptors (Lipinski definition) is 7. The van der Waals surface area contributed by atoms with Crippen LogP contribution in [-0.4, -0.2) is 38.2 Å². The van der Waals surface area contributed by atoms with Gasteiger partial charge in [-0.15, -0.1) is 0 Å². The van der Waals surface area contributed by atoms with Crippen LogP contribution in [0.25, 0.3) is 0 Å². The van der Waals surface area contributed by atoms with Gasteiger partial charge in [0.25, 0.3) is 5.91 Å². The number of carbonyl (C=O) groups is 2. The smallest absolute Gasteiger partial charge is 0.414 e. The third-order valence-corrected chi connectivity index (χ3v) is 6.93. The lowest BCUT2D eigenvalue weighted by molar-refractivity contribution is 0.0951. The van der Waals surface area contributed by atoms with Gasteiger partial charge in [0.2, 0.25) is 0 Å². The van der Waals surface area contributed by atoms with Crippen LogP contribution in [0.15, 0.2) is 66.7 Å². The van der Waals surface area contributed by atoms with Gasteiger partial charge >= 0.3 is 6.09 Å². The molecule has 9 nitrogen and oxygen atoms in total. The van der Waals surface area contributed by atoms with Crippen molar-refractivity contribution in [2.45, 2.75) is 32.0 Å². The van der Waals surface area contributed by atoms with E-state index >= 15 is 0 Å². The van der Waals surface area contributed by atoms with Gasteiger partial charge in [0, 0.05) is 42.5 Å². The van der Waals surface area contributed by atoms with E-state index < -0.39 is 0 Å². The zero-order valence-electron chi connectivity index (χ0n) is 20.8. The fourth-order valence-corrected chi connectivity index (χ4v) is 5.00. The number of benzene rings is 3. The Labute approximate surface area is 216 Å². The Balaban J connectivity index is 1.27. The summed E-state index contributed by atoms with van der Waals surface area (Å²) in [6.45, 7) is 2.15. The van der Waals surface area contributed by atoms with Crippen molar-refractivity contribution in [3.05, 3.63) is 83.4 Å². The van der Waals surface area contributed by atoms with Crippen molar-refractivity contribution in [1.82, 2.24) is 5.32 Å². The summed E-state index contributed by atoms with van der Waals surface area (Å²) < 4.78 is 5.42. The van der Waals surface area contributed by atoms with Gasteiger partial charge in [0.15, 0.2) is 0 Å². The molecule has 0 bridgehead atoms. The number of cyclic esters (lactones) is 1. The molecule has 0 atom stereocenters. The van der Waals surface area contributed by atoms with Gasteiger partial charge in [-0.25, -0.2) is 4.79 Å². The molecule has 0 spiro atoms. The van der Waals surface area contributed by atoms with Crippen molar-refractivity contribution in [2.24, 2.45) is 0 Å². The van der Waals surface area contributed by atoms with Gasteiger partial charge < -0.3 is 20.7 Å². The van der Waals surface area contributed by atoms with E-state index in [9.17, 15) is 9.59 Å². The molecule has 5 rings (SSSR count). The molecule has 0 aromatic heterocycles. The van der Waals surface area contributed by atoms with Crippen molar-refractivity contribution >= 4 is 34.7 Å². The second-order valence-electron chi connectivity index (χ2n) is 9.19. The van der Waals surface area contributed by atoms with Crippen LogP contribution in [0.4, 0.5) is 27.5 Å². The van der Waals surface area contributed by atoms with E-state index in [4.69, 9.17) is 15.3 Å². The Kier molecular flexibility index (Phi) is 7.14. The van der Waals surface area contributed by atoms with Crippen molar-refractivity contribution in [3.8, 4) is 0 Å². The molecule has 0 radical (unpaired) electrons. The first kappa shape index (κ1) is 24.5. The molecule has 4 N–H and O–H groups in total. The van der Waals surface area contributed by atoms with Crippen LogP contribution in [0.3, 0.4) is 0 Å². The number of nitrogens with one attached hydrogen (secondary N) is 2. The quantitative estimate of drug-likeness (QED) is 0.327. The zero-order chi connectivity index (χ0) is 25.8. The molecule has 3 aromatic carbocycles. The van der Waals surface area contributed by atoms with E-state index in [2.05, 4.69) is 15.7 Å². The molecular formula is C28H31N5O4. The van der Waals surface area contributed by atoms with Crippen LogP contribution in [0.2, 0.25) is 0 Å². The monoisotopic (exact) mass is 501 g/mol. The van der Waals surface area contributed by atoms with E-state index in [-0.39, 0.29) is 18.0 Å². The summed E-state index contributed by atoms with van der Waals surface area (Å²) in [4.78, 5) is 34.7. The fraction of sp³-hybridized carbons (Fsp3) is 0.286. The molecule has 0 saturated carbocycles. The number of amides is 2. The minimum atomic E-state index is -0.286. The third kappa shape index (κ3) is 5.17. The van der Waals surface area contributed by atoms with E-state index in [1.54, 1.807) is 18.1 Å². The van der Waals surface area contributed by atoms with Crippen molar-refractivity contribution < 1.29 is 19.2 Å². The number of anilines is 4. The van der Waals surface area contributed by atoms with E-state index in [1.165, 1.54) is 0 Å². The first-order valence-corrected chi connectivity index (χ1v) is 12.4. The topological polar surface area (TPSA) is 109 Å². The molecule has 1 fully saturated rings.